The van der Waals surface area contributed by atoms with Crippen molar-refractivity contribution in [2.75, 3.05) is 0 Å². The molecule has 1 nitrogen and oxygen atoms in total. The highest BCUT2D eigenvalue weighted by Crippen LogP contribution is 2.16. The van der Waals surface area contributed by atoms with Crippen molar-refractivity contribution in [2.45, 2.75) is 13.3 Å². The molecule has 58 valence electrons. The maximum Gasteiger partial charge on any atom is 0.115 e. The largest absolute Gasteiger partial charge is 0.508 e. The minimum atomic E-state index is 0.326. The lowest BCUT2D eigenvalue weighted by atomic mass is 10.1. The molecule has 0 aliphatic heterocycles. The first-order chi connectivity index (χ1) is 5.24. The van der Waals surface area contributed by atoms with Crippen LogP contribution in [-0.4, -0.2) is 5.11 Å². The number of aromatic hydroxyl groups is 1. The van der Waals surface area contributed by atoms with E-state index in [9.17, 15) is 0 Å². The van der Waals surface area contributed by atoms with Gasteiger partial charge in [0.15, 0.2) is 0 Å². The highest BCUT2D eigenvalue weighted by atomic mass is 16.3. The fraction of sp³-hybridized carbons (Fsp3) is 0.200. The molecule has 0 aliphatic rings. The molecule has 1 N–H and O–H groups in total. The summed E-state index contributed by atoms with van der Waals surface area (Å²) in [5.74, 6) is 0.326. The Morgan fingerprint density at radius 1 is 1.55 bits per heavy atom. The van der Waals surface area contributed by atoms with E-state index in [4.69, 9.17) is 5.11 Å². The standard InChI is InChI=1S/C10H12O/c1-3-4-9-7-10(11)6-5-8(9)2/h3,5-7,11H,1,4H2,2H3. The summed E-state index contributed by atoms with van der Waals surface area (Å²) in [5, 5.41) is 9.13. The summed E-state index contributed by atoms with van der Waals surface area (Å²) in [4.78, 5) is 0. The molecule has 0 amide bonds. The molecule has 1 aromatic rings. The predicted molar refractivity (Wildman–Crippen MR) is 46.7 cm³/mol. The SMILES string of the molecule is C=CCc1cc(O)ccc1C. The van der Waals surface area contributed by atoms with Gasteiger partial charge in [0.2, 0.25) is 0 Å². The van der Waals surface area contributed by atoms with Crippen molar-refractivity contribution in [1.82, 2.24) is 0 Å². The molecule has 0 bridgehead atoms. The highest BCUT2D eigenvalue weighted by Gasteiger charge is 1.96. The van der Waals surface area contributed by atoms with Crippen molar-refractivity contribution in [3.8, 4) is 5.75 Å². The molecular formula is C10H12O. The number of hydrogen-bond donors (Lipinski definition) is 1. The first kappa shape index (κ1) is 7.86. The molecule has 0 atom stereocenters. The van der Waals surface area contributed by atoms with Crippen molar-refractivity contribution < 1.29 is 5.11 Å². The predicted octanol–water partition coefficient (Wildman–Crippen LogP) is 2.43. The summed E-state index contributed by atoms with van der Waals surface area (Å²) in [5.41, 5.74) is 2.34. The van der Waals surface area contributed by atoms with E-state index in [1.165, 1.54) is 5.56 Å². The summed E-state index contributed by atoms with van der Waals surface area (Å²) < 4.78 is 0. The second-order valence-electron chi connectivity index (χ2n) is 2.60. The van der Waals surface area contributed by atoms with Crippen LogP contribution in [0.3, 0.4) is 0 Å². The number of allylic oxidation sites excluding steroid dienone is 1. The number of hydrogen-bond acceptors (Lipinski definition) is 1. The van der Waals surface area contributed by atoms with E-state index in [0.29, 0.717) is 5.75 Å². The lowest BCUT2D eigenvalue weighted by Gasteiger charge is -2.02. The van der Waals surface area contributed by atoms with Crippen LogP contribution < -0.4 is 0 Å². The first-order valence-corrected chi connectivity index (χ1v) is 3.63. The summed E-state index contributed by atoms with van der Waals surface area (Å²) >= 11 is 0. The zero-order valence-electron chi connectivity index (χ0n) is 6.67. The Kier molecular flexibility index (Phi) is 2.32. The second-order valence-corrected chi connectivity index (χ2v) is 2.60. The van der Waals surface area contributed by atoms with E-state index in [1.54, 1.807) is 12.1 Å². The van der Waals surface area contributed by atoms with E-state index < -0.39 is 0 Å². The molecular weight excluding hydrogens is 136 g/mol. The third-order valence-electron chi connectivity index (χ3n) is 1.70. The summed E-state index contributed by atoms with van der Waals surface area (Å²) in [6.07, 6.45) is 2.65. The molecule has 0 aromatic heterocycles. The van der Waals surface area contributed by atoms with Gasteiger partial charge in [0.1, 0.15) is 5.75 Å². The van der Waals surface area contributed by atoms with Crippen LogP contribution in [0.5, 0.6) is 5.75 Å². The highest BCUT2D eigenvalue weighted by molar-refractivity contribution is 5.34. The van der Waals surface area contributed by atoms with E-state index in [1.807, 2.05) is 19.1 Å². The van der Waals surface area contributed by atoms with Crippen LogP contribution in [0.25, 0.3) is 0 Å². The first-order valence-electron chi connectivity index (χ1n) is 3.63. The molecule has 0 radical (unpaired) electrons. The normalized spacial score (nSPS) is 9.55. The zero-order chi connectivity index (χ0) is 8.27. The van der Waals surface area contributed by atoms with Crippen LogP contribution in [0, 0.1) is 6.92 Å². The van der Waals surface area contributed by atoms with Crippen LogP contribution in [-0.2, 0) is 6.42 Å². The van der Waals surface area contributed by atoms with Gasteiger partial charge in [0.05, 0.1) is 0 Å². The van der Waals surface area contributed by atoms with Crippen molar-refractivity contribution in [1.29, 1.82) is 0 Å². The molecule has 0 spiro atoms. The lowest BCUT2D eigenvalue weighted by Crippen LogP contribution is -1.85. The van der Waals surface area contributed by atoms with Gasteiger partial charge in [-0.1, -0.05) is 12.1 Å². The van der Waals surface area contributed by atoms with Gasteiger partial charge >= 0.3 is 0 Å². The van der Waals surface area contributed by atoms with Crippen molar-refractivity contribution in [3.05, 3.63) is 42.0 Å². The molecule has 0 unspecified atom stereocenters. The van der Waals surface area contributed by atoms with Crippen LogP contribution in [0.4, 0.5) is 0 Å². The number of rotatable bonds is 2. The number of benzene rings is 1. The summed E-state index contributed by atoms with van der Waals surface area (Å²) in [7, 11) is 0. The van der Waals surface area contributed by atoms with Crippen molar-refractivity contribution >= 4 is 0 Å². The molecule has 1 heteroatoms. The zero-order valence-corrected chi connectivity index (χ0v) is 6.67. The third-order valence-corrected chi connectivity index (χ3v) is 1.70. The van der Waals surface area contributed by atoms with Crippen LogP contribution >= 0.6 is 0 Å². The van der Waals surface area contributed by atoms with Gasteiger partial charge in [-0.05, 0) is 36.6 Å². The van der Waals surface area contributed by atoms with Crippen LogP contribution in [0.1, 0.15) is 11.1 Å². The average Bonchev–Trinajstić information content (AvgIpc) is 1.98. The third kappa shape index (κ3) is 1.84. The van der Waals surface area contributed by atoms with Gasteiger partial charge in [0.25, 0.3) is 0 Å². The van der Waals surface area contributed by atoms with E-state index in [2.05, 4.69) is 6.58 Å². The number of phenols is 1. The Morgan fingerprint density at radius 3 is 2.91 bits per heavy atom. The number of aryl methyl sites for hydroxylation is 1. The minimum absolute atomic E-state index is 0.326. The topological polar surface area (TPSA) is 20.2 Å². The van der Waals surface area contributed by atoms with Gasteiger partial charge in [-0.3, -0.25) is 0 Å². The van der Waals surface area contributed by atoms with E-state index >= 15 is 0 Å². The van der Waals surface area contributed by atoms with Crippen molar-refractivity contribution in [3.63, 3.8) is 0 Å². The van der Waals surface area contributed by atoms with Gasteiger partial charge in [-0.15, -0.1) is 6.58 Å². The van der Waals surface area contributed by atoms with Gasteiger partial charge < -0.3 is 5.11 Å². The van der Waals surface area contributed by atoms with Crippen LogP contribution in [0.2, 0.25) is 0 Å². The minimum Gasteiger partial charge on any atom is -0.508 e. The van der Waals surface area contributed by atoms with E-state index in [0.717, 1.165) is 12.0 Å². The van der Waals surface area contributed by atoms with Crippen LogP contribution in [0.15, 0.2) is 30.9 Å². The molecule has 0 saturated heterocycles. The quantitative estimate of drug-likeness (QED) is 0.638. The average molecular weight is 148 g/mol. The Hall–Kier alpha value is -1.24. The Balaban J connectivity index is 3.01. The smallest absolute Gasteiger partial charge is 0.115 e. The van der Waals surface area contributed by atoms with Crippen molar-refractivity contribution in [2.24, 2.45) is 0 Å². The molecule has 0 saturated carbocycles. The molecule has 1 rings (SSSR count). The summed E-state index contributed by atoms with van der Waals surface area (Å²) in [6, 6.07) is 5.38. The Bertz CT molecular complexity index is 264. The molecule has 0 fully saturated rings. The maximum atomic E-state index is 9.13. The fourth-order valence-corrected chi connectivity index (χ4v) is 1.03. The second kappa shape index (κ2) is 3.24. The van der Waals surface area contributed by atoms with E-state index in [-0.39, 0.29) is 0 Å². The molecule has 11 heavy (non-hydrogen) atoms. The van der Waals surface area contributed by atoms with Gasteiger partial charge in [-0.25, -0.2) is 0 Å². The van der Waals surface area contributed by atoms with Gasteiger partial charge in [-0.2, -0.15) is 0 Å². The molecule has 1 aromatic carbocycles. The number of phenolic OH excluding ortho intramolecular Hbond substituents is 1. The molecule has 0 aliphatic carbocycles. The Morgan fingerprint density at radius 2 is 2.27 bits per heavy atom. The van der Waals surface area contributed by atoms with Gasteiger partial charge in [0, 0.05) is 0 Å². The molecule has 0 heterocycles. The maximum absolute atomic E-state index is 9.13. The monoisotopic (exact) mass is 148 g/mol. The lowest BCUT2D eigenvalue weighted by molar-refractivity contribution is 0.474. The summed E-state index contributed by atoms with van der Waals surface area (Å²) in [6.45, 7) is 5.67. The fourth-order valence-electron chi connectivity index (χ4n) is 1.03. The Labute approximate surface area is 67.0 Å².